The van der Waals surface area contributed by atoms with Crippen molar-refractivity contribution in [2.24, 2.45) is 0 Å². The lowest BCUT2D eigenvalue weighted by Gasteiger charge is -2.16. The van der Waals surface area contributed by atoms with Gasteiger partial charge in [-0.25, -0.2) is 0 Å². The Kier molecular flexibility index (Phi) is 5.60. The second kappa shape index (κ2) is 6.75. The molecule has 0 saturated heterocycles. The molecule has 0 spiro atoms. The van der Waals surface area contributed by atoms with Crippen molar-refractivity contribution in [2.45, 2.75) is 20.0 Å². The summed E-state index contributed by atoms with van der Waals surface area (Å²) in [6, 6.07) is 3.34. The topological polar surface area (TPSA) is 78.7 Å². The molecule has 8 heteroatoms. The zero-order valence-corrected chi connectivity index (χ0v) is 11.6. The van der Waals surface area contributed by atoms with E-state index in [1.165, 1.54) is 6.07 Å². The van der Waals surface area contributed by atoms with Crippen LogP contribution in [-0.4, -0.2) is 18.1 Å². The van der Waals surface area contributed by atoms with Crippen molar-refractivity contribution in [2.75, 3.05) is 13.2 Å². The molecule has 0 atom stereocenters. The maximum atomic E-state index is 13.2. The lowest BCUT2D eigenvalue weighted by molar-refractivity contribution is -0.387. The van der Waals surface area contributed by atoms with E-state index in [0.29, 0.717) is 5.56 Å². The van der Waals surface area contributed by atoms with E-state index >= 15 is 0 Å². The Labute approximate surface area is 110 Å². The minimum atomic E-state index is -3.35. The van der Waals surface area contributed by atoms with Crippen LogP contribution < -0.4 is 0 Å². The van der Waals surface area contributed by atoms with Gasteiger partial charge in [0.1, 0.15) is 0 Å². The van der Waals surface area contributed by atoms with Crippen molar-refractivity contribution in [1.82, 2.24) is 0 Å². The summed E-state index contributed by atoms with van der Waals surface area (Å²) >= 11 is 0. The average Bonchev–Trinajstić information content (AvgIpc) is 2.31. The molecule has 0 aliphatic carbocycles. The molecular weight excluding hydrogens is 276 g/mol. The van der Waals surface area contributed by atoms with Gasteiger partial charge in [0.15, 0.2) is 0 Å². The minimum absolute atomic E-state index is 0.129. The number of nitro groups is 1. The standard InChI is InChI=1S/C11H15FNO5P/c1-3-17-19(16,18-4-2)8-9-5-6-10(12)11(7-9)13(14)15/h5-7H,3-4,8H2,1-2H3. The van der Waals surface area contributed by atoms with Crippen molar-refractivity contribution in [1.29, 1.82) is 0 Å². The monoisotopic (exact) mass is 291 g/mol. The van der Waals surface area contributed by atoms with Crippen molar-refractivity contribution < 1.29 is 22.9 Å². The molecule has 0 N–H and O–H groups in total. The third-order valence-corrected chi connectivity index (χ3v) is 4.29. The van der Waals surface area contributed by atoms with Gasteiger partial charge < -0.3 is 9.05 Å². The van der Waals surface area contributed by atoms with Crippen LogP contribution in [0.4, 0.5) is 10.1 Å². The van der Waals surface area contributed by atoms with Crippen molar-refractivity contribution in [3.63, 3.8) is 0 Å². The molecule has 1 aromatic rings. The van der Waals surface area contributed by atoms with Crippen molar-refractivity contribution >= 4 is 13.3 Å². The highest BCUT2D eigenvalue weighted by atomic mass is 31.2. The summed E-state index contributed by atoms with van der Waals surface area (Å²) in [7, 11) is -3.35. The second-order valence-electron chi connectivity index (χ2n) is 3.65. The number of nitrogens with zero attached hydrogens (tertiary/aromatic N) is 1. The van der Waals surface area contributed by atoms with Crippen LogP contribution in [0.25, 0.3) is 0 Å². The Hall–Kier alpha value is -1.30. The number of rotatable bonds is 7. The molecule has 0 radical (unpaired) electrons. The summed E-state index contributed by atoms with van der Waals surface area (Å²) in [4.78, 5) is 9.80. The number of benzene rings is 1. The first-order valence-corrected chi connectivity index (χ1v) is 7.45. The van der Waals surface area contributed by atoms with Crippen LogP contribution in [0, 0.1) is 15.9 Å². The fourth-order valence-corrected chi connectivity index (χ4v) is 3.23. The first-order valence-electron chi connectivity index (χ1n) is 5.72. The smallest absolute Gasteiger partial charge is 0.309 e. The van der Waals surface area contributed by atoms with Crippen LogP contribution in [-0.2, 0) is 19.8 Å². The molecule has 0 aliphatic rings. The van der Waals surface area contributed by atoms with Gasteiger partial charge in [-0.2, -0.15) is 4.39 Å². The van der Waals surface area contributed by atoms with Gasteiger partial charge in [0.25, 0.3) is 0 Å². The molecule has 106 valence electrons. The first kappa shape index (κ1) is 15.8. The van der Waals surface area contributed by atoms with Gasteiger partial charge in [-0.05, 0) is 25.5 Å². The van der Waals surface area contributed by atoms with E-state index in [4.69, 9.17) is 9.05 Å². The first-order chi connectivity index (χ1) is 8.91. The summed E-state index contributed by atoms with van der Waals surface area (Å²) in [6.45, 7) is 3.72. The van der Waals surface area contributed by atoms with Crippen LogP contribution in [0.1, 0.15) is 19.4 Å². The molecule has 6 nitrogen and oxygen atoms in total. The van der Waals surface area contributed by atoms with Gasteiger partial charge in [0.2, 0.25) is 5.82 Å². The highest BCUT2D eigenvalue weighted by molar-refractivity contribution is 7.53. The summed E-state index contributed by atoms with van der Waals surface area (Å²) in [5, 5.41) is 10.6. The second-order valence-corrected chi connectivity index (χ2v) is 5.70. The van der Waals surface area contributed by atoms with Gasteiger partial charge >= 0.3 is 13.3 Å². The molecule has 19 heavy (non-hydrogen) atoms. The number of nitro benzene ring substituents is 1. The summed E-state index contributed by atoms with van der Waals surface area (Å²) < 4.78 is 35.6. The molecule has 0 bridgehead atoms. The van der Waals surface area contributed by atoms with Gasteiger partial charge in [0, 0.05) is 6.07 Å². The quantitative estimate of drug-likeness (QED) is 0.436. The molecule has 0 aliphatic heterocycles. The van der Waals surface area contributed by atoms with Gasteiger partial charge in [0.05, 0.1) is 24.3 Å². The zero-order valence-electron chi connectivity index (χ0n) is 10.7. The molecule has 0 fully saturated rings. The van der Waals surface area contributed by atoms with Crippen LogP contribution in [0.3, 0.4) is 0 Å². The Bertz CT molecular complexity index is 498. The lowest BCUT2D eigenvalue weighted by Crippen LogP contribution is -2.00. The predicted molar refractivity (Wildman–Crippen MR) is 67.6 cm³/mol. The predicted octanol–water partition coefficient (Wildman–Crippen LogP) is 3.50. The molecule has 0 saturated carbocycles. The molecule has 0 unspecified atom stereocenters. The Morgan fingerprint density at radius 1 is 1.32 bits per heavy atom. The van der Waals surface area contributed by atoms with Crippen molar-refractivity contribution in [3.8, 4) is 0 Å². The van der Waals surface area contributed by atoms with Crippen molar-refractivity contribution in [3.05, 3.63) is 39.7 Å². The van der Waals surface area contributed by atoms with Gasteiger partial charge in [-0.15, -0.1) is 0 Å². The van der Waals surface area contributed by atoms with E-state index in [9.17, 15) is 19.1 Å². The molecule has 0 amide bonds. The molecular formula is C11H15FNO5P. The molecule has 1 rings (SSSR count). The normalized spacial score (nSPS) is 11.5. The summed E-state index contributed by atoms with van der Waals surface area (Å²) in [5.74, 6) is -0.934. The van der Waals surface area contributed by atoms with E-state index in [1.807, 2.05) is 0 Å². The van der Waals surface area contributed by atoms with Crippen LogP contribution in [0.15, 0.2) is 18.2 Å². The summed E-state index contributed by atoms with van der Waals surface area (Å²) in [5.41, 5.74) is -0.324. The van der Waals surface area contributed by atoms with E-state index in [1.54, 1.807) is 13.8 Å². The van der Waals surface area contributed by atoms with E-state index < -0.39 is 24.0 Å². The molecule has 0 aromatic heterocycles. The Morgan fingerprint density at radius 3 is 2.37 bits per heavy atom. The fourth-order valence-electron chi connectivity index (χ4n) is 1.54. The number of halogens is 1. The minimum Gasteiger partial charge on any atom is -0.309 e. The van der Waals surface area contributed by atoms with Gasteiger partial charge in [-0.1, -0.05) is 6.07 Å². The van der Waals surface area contributed by atoms with Crippen LogP contribution in [0.2, 0.25) is 0 Å². The highest BCUT2D eigenvalue weighted by Gasteiger charge is 2.25. The third kappa shape index (κ3) is 4.38. The lowest BCUT2D eigenvalue weighted by atomic mass is 10.2. The van der Waals surface area contributed by atoms with E-state index in [0.717, 1.165) is 12.1 Å². The van der Waals surface area contributed by atoms with Crippen LogP contribution >= 0.6 is 7.60 Å². The largest absolute Gasteiger partial charge is 0.335 e. The van der Waals surface area contributed by atoms with Crippen LogP contribution in [0.5, 0.6) is 0 Å². The fraction of sp³-hybridized carbons (Fsp3) is 0.455. The number of hydrogen-bond acceptors (Lipinski definition) is 5. The SMILES string of the molecule is CCOP(=O)(Cc1ccc(F)c([N+](=O)[O-])c1)OCC. The summed E-state index contributed by atoms with van der Waals surface area (Å²) in [6.07, 6.45) is -0.129. The molecule has 0 heterocycles. The van der Waals surface area contributed by atoms with Gasteiger partial charge in [-0.3, -0.25) is 14.7 Å². The van der Waals surface area contributed by atoms with E-state index in [-0.39, 0.29) is 19.4 Å². The maximum Gasteiger partial charge on any atom is 0.335 e. The zero-order chi connectivity index (χ0) is 14.5. The number of hydrogen-bond donors (Lipinski definition) is 0. The highest BCUT2D eigenvalue weighted by Crippen LogP contribution is 2.51. The molecule has 1 aromatic carbocycles. The Balaban J connectivity index is 3.00. The maximum absolute atomic E-state index is 13.2. The Morgan fingerprint density at radius 2 is 1.89 bits per heavy atom. The average molecular weight is 291 g/mol. The third-order valence-electron chi connectivity index (χ3n) is 2.24. The van der Waals surface area contributed by atoms with E-state index in [2.05, 4.69) is 0 Å².